The molecule has 0 spiro atoms. The molecule has 0 fully saturated rings. The highest BCUT2D eigenvalue weighted by molar-refractivity contribution is 6.31. The topological polar surface area (TPSA) is 56.1 Å². The van der Waals surface area contributed by atoms with Crippen LogP contribution in [0.2, 0.25) is 5.02 Å². The Kier molecular flexibility index (Phi) is 6.23. The third-order valence-electron chi connectivity index (χ3n) is 5.38. The SMILES string of the molecule is COc1cccc(C(NC(=O)CCc2nc3cc(Cl)ccc3n2C)c2ccccc2)c1. The Morgan fingerprint density at radius 1 is 1.06 bits per heavy atom. The van der Waals surface area contributed by atoms with Crippen molar-refractivity contribution in [1.82, 2.24) is 14.9 Å². The molecule has 1 aromatic heterocycles. The summed E-state index contributed by atoms with van der Waals surface area (Å²) in [5, 5.41) is 3.83. The van der Waals surface area contributed by atoms with Gasteiger partial charge < -0.3 is 14.6 Å². The number of benzene rings is 3. The molecule has 4 rings (SSSR count). The van der Waals surface area contributed by atoms with Crippen LogP contribution in [0.1, 0.15) is 29.4 Å². The molecule has 0 bridgehead atoms. The minimum atomic E-state index is -0.261. The molecule has 0 aliphatic heterocycles. The van der Waals surface area contributed by atoms with Crippen molar-refractivity contribution in [2.24, 2.45) is 7.05 Å². The zero-order valence-electron chi connectivity index (χ0n) is 17.5. The van der Waals surface area contributed by atoms with Gasteiger partial charge in [-0.25, -0.2) is 4.98 Å². The average Bonchev–Trinajstić information content (AvgIpc) is 3.11. The second-order valence-corrected chi connectivity index (χ2v) is 7.84. The first-order valence-electron chi connectivity index (χ1n) is 10.1. The van der Waals surface area contributed by atoms with Crippen LogP contribution < -0.4 is 10.1 Å². The van der Waals surface area contributed by atoms with Crippen LogP contribution in [0.3, 0.4) is 0 Å². The molecule has 0 saturated carbocycles. The van der Waals surface area contributed by atoms with E-state index in [4.69, 9.17) is 16.3 Å². The summed E-state index contributed by atoms with van der Waals surface area (Å²) in [6.07, 6.45) is 0.868. The quantitative estimate of drug-likeness (QED) is 0.442. The normalized spacial score (nSPS) is 12.0. The third kappa shape index (κ3) is 4.72. The number of carbonyl (C=O) groups excluding carboxylic acids is 1. The molecule has 1 amide bonds. The molecular formula is C25H24ClN3O2. The fraction of sp³-hybridized carbons (Fsp3) is 0.200. The number of amides is 1. The van der Waals surface area contributed by atoms with E-state index in [-0.39, 0.29) is 11.9 Å². The Balaban J connectivity index is 1.52. The average molecular weight is 434 g/mol. The van der Waals surface area contributed by atoms with Gasteiger partial charge in [0.25, 0.3) is 0 Å². The summed E-state index contributed by atoms with van der Waals surface area (Å²) in [6.45, 7) is 0. The molecule has 0 aliphatic carbocycles. The number of halogens is 1. The maximum Gasteiger partial charge on any atom is 0.221 e. The van der Waals surface area contributed by atoms with Crippen molar-refractivity contribution in [3.05, 3.63) is 94.8 Å². The van der Waals surface area contributed by atoms with Gasteiger partial charge in [0.15, 0.2) is 0 Å². The Bertz CT molecular complexity index is 1200. The first-order valence-corrected chi connectivity index (χ1v) is 10.5. The number of methoxy groups -OCH3 is 1. The van der Waals surface area contributed by atoms with Gasteiger partial charge in [0.1, 0.15) is 11.6 Å². The van der Waals surface area contributed by atoms with E-state index in [2.05, 4.69) is 10.3 Å². The van der Waals surface area contributed by atoms with Crippen LogP contribution in [-0.4, -0.2) is 22.6 Å². The van der Waals surface area contributed by atoms with Gasteiger partial charge in [-0.2, -0.15) is 0 Å². The van der Waals surface area contributed by atoms with Crippen LogP contribution in [0, 0.1) is 0 Å². The van der Waals surface area contributed by atoms with Crippen LogP contribution in [0.5, 0.6) is 5.75 Å². The molecule has 1 atom stereocenters. The number of nitrogens with one attached hydrogen (secondary N) is 1. The largest absolute Gasteiger partial charge is 0.497 e. The summed E-state index contributed by atoms with van der Waals surface area (Å²) in [6, 6.07) is 23.1. The number of hydrogen-bond donors (Lipinski definition) is 1. The monoisotopic (exact) mass is 433 g/mol. The lowest BCUT2D eigenvalue weighted by atomic mass is 9.98. The lowest BCUT2D eigenvalue weighted by Crippen LogP contribution is -2.29. The first kappa shape index (κ1) is 20.9. The van der Waals surface area contributed by atoms with Crippen molar-refractivity contribution >= 4 is 28.5 Å². The van der Waals surface area contributed by atoms with Gasteiger partial charge in [0.2, 0.25) is 5.91 Å². The van der Waals surface area contributed by atoms with Crippen LogP contribution in [0.25, 0.3) is 11.0 Å². The van der Waals surface area contributed by atoms with E-state index in [1.54, 1.807) is 7.11 Å². The van der Waals surface area contributed by atoms with Crippen molar-refractivity contribution in [2.45, 2.75) is 18.9 Å². The van der Waals surface area contributed by atoms with Crippen molar-refractivity contribution in [2.75, 3.05) is 7.11 Å². The lowest BCUT2D eigenvalue weighted by molar-refractivity contribution is -0.121. The standard InChI is InChI=1S/C25H24ClN3O2/c1-29-22-12-11-19(26)16-21(22)27-23(29)13-14-24(30)28-25(17-7-4-3-5-8-17)18-9-6-10-20(15-18)31-2/h3-12,15-16,25H,13-14H2,1-2H3,(H,28,30). The van der Waals surface area contributed by atoms with E-state index in [0.717, 1.165) is 33.7 Å². The lowest BCUT2D eigenvalue weighted by Gasteiger charge is -2.20. The molecule has 0 saturated heterocycles. The van der Waals surface area contributed by atoms with Crippen LogP contribution in [-0.2, 0) is 18.3 Å². The Labute approximate surface area is 186 Å². The summed E-state index contributed by atoms with van der Waals surface area (Å²) in [4.78, 5) is 17.6. The van der Waals surface area contributed by atoms with E-state index in [1.165, 1.54) is 0 Å². The fourth-order valence-corrected chi connectivity index (χ4v) is 3.90. The molecule has 6 heteroatoms. The Morgan fingerprint density at radius 3 is 2.61 bits per heavy atom. The molecule has 158 valence electrons. The second-order valence-electron chi connectivity index (χ2n) is 7.41. The van der Waals surface area contributed by atoms with Crippen LogP contribution in [0.15, 0.2) is 72.8 Å². The summed E-state index contributed by atoms with van der Waals surface area (Å²) in [5.41, 5.74) is 3.82. The molecule has 3 aromatic carbocycles. The van der Waals surface area contributed by atoms with Crippen molar-refractivity contribution in [1.29, 1.82) is 0 Å². The molecule has 5 nitrogen and oxygen atoms in total. The molecule has 1 N–H and O–H groups in total. The summed E-state index contributed by atoms with van der Waals surface area (Å²) in [7, 11) is 3.60. The second kappa shape index (κ2) is 9.23. The zero-order valence-corrected chi connectivity index (χ0v) is 18.3. The van der Waals surface area contributed by atoms with Gasteiger partial charge in [-0.05, 0) is 41.5 Å². The van der Waals surface area contributed by atoms with Gasteiger partial charge in [-0.1, -0.05) is 54.1 Å². The molecule has 0 radical (unpaired) electrons. The number of carbonyl (C=O) groups is 1. The zero-order chi connectivity index (χ0) is 21.8. The predicted molar refractivity (Wildman–Crippen MR) is 123 cm³/mol. The number of aromatic nitrogens is 2. The molecule has 4 aromatic rings. The maximum absolute atomic E-state index is 12.9. The van der Waals surface area contributed by atoms with E-state index in [9.17, 15) is 4.79 Å². The number of imidazole rings is 1. The molecule has 1 unspecified atom stereocenters. The number of ether oxygens (including phenoxy) is 1. The number of nitrogens with zero attached hydrogens (tertiary/aromatic N) is 2. The van der Waals surface area contributed by atoms with E-state index in [0.29, 0.717) is 17.9 Å². The fourth-order valence-electron chi connectivity index (χ4n) is 3.73. The predicted octanol–water partition coefficient (Wildman–Crippen LogP) is 5.07. The highest BCUT2D eigenvalue weighted by Crippen LogP contribution is 2.26. The highest BCUT2D eigenvalue weighted by Gasteiger charge is 2.18. The van der Waals surface area contributed by atoms with E-state index >= 15 is 0 Å². The van der Waals surface area contributed by atoms with Crippen molar-refractivity contribution < 1.29 is 9.53 Å². The first-order chi connectivity index (χ1) is 15.0. The number of fused-ring (bicyclic) bond motifs is 1. The number of rotatable bonds is 7. The summed E-state index contributed by atoms with van der Waals surface area (Å²) >= 11 is 6.08. The third-order valence-corrected chi connectivity index (χ3v) is 5.61. The van der Waals surface area contributed by atoms with Crippen molar-refractivity contribution in [3.63, 3.8) is 0 Å². The van der Waals surface area contributed by atoms with Crippen LogP contribution in [0.4, 0.5) is 0 Å². The smallest absolute Gasteiger partial charge is 0.221 e. The van der Waals surface area contributed by atoms with Gasteiger partial charge >= 0.3 is 0 Å². The van der Waals surface area contributed by atoms with Gasteiger partial charge in [-0.15, -0.1) is 0 Å². The molecular weight excluding hydrogens is 410 g/mol. The Hall–Kier alpha value is -3.31. The number of hydrogen-bond acceptors (Lipinski definition) is 3. The molecule has 1 heterocycles. The molecule has 31 heavy (non-hydrogen) atoms. The highest BCUT2D eigenvalue weighted by atomic mass is 35.5. The van der Waals surface area contributed by atoms with E-state index in [1.807, 2.05) is 84.4 Å². The van der Waals surface area contributed by atoms with E-state index < -0.39 is 0 Å². The van der Waals surface area contributed by atoms with Crippen LogP contribution >= 0.6 is 11.6 Å². The maximum atomic E-state index is 12.9. The van der Waals surface area contributed by atoms with Gasteiger partial charge in [0.05, 0.1) is 24.2 Å². The summed E-state index contributed by atoms with van der Waals surface area (Å²) in [5.74, 6) is 1.57. The minimum Gasteiger partial charge on any atom is -0.497 e. The summed E-state index contributed by atoms with van der Waals surface area (Å²) < 4.78 is 7.38. The van der Waals surface area contributed by atoms with Crippen molar-refractivity contribution in [3.8, 4) is 5.75 Å². The minimum absolute atomic E-state index is 0.0400. The molecule has 0 aliphatic rings. The van der Waals surface area contributed by atoms with Gasteiger partial charge in [-0.3, -0.25) is 4.79 Å². The Morgan fingerprint density at radius 2 is 1.84 bits per heavy atom. The van der Waals surface area contributed by atoms with Gasteiger partial charge in [0, 0.05) is 24.9 Å². The number of aryl methyl sites for hydroxylation is 2.